The first kappa shape index (κ1) is 17.2. The SMILES string of the molecule is CCOP(=O)(OCC)C1(CCc2ccccc2)CCC=[N+]1[O-]. The smallest absolute Gasteiger partial charge is 0.402 e. The Morgan fingerprint density at radius 2 is 1.86 bits per heavy atom. The lowest BCUT2D eigenvalue weighted by Crippen LogP contribution is -2.38. The van der Waals surface area contributed by atoms with Gasteiger partial charge in [0, 0.05) is 19.3 Å². The van der Waals surface area contributed by atoms with Gasteiger partial charge in [0.2, 0.25) is 0 Å². The van der Waals surface area contributed by atoms with Crippen LogP contribution in [0.3, 0.4) is 0 Å². The standard InChI is InChI=1S/C16H24NO4P/c1-3-20-22(19,21-4-2)16(12-8-14-17(16)18)13-11-15-9-6-5-7-10-15/h5-7,9-10,14H,3-4,8,11-13H2,1-2H3. The minimum atomic E-state index is -3.51. The average Bonchev–Trinajstić information content (AvgIpc) is 2.89. The number of nitrogens with zero attached hydrogens (tertiary/aromatic N) is 1. The molecule has 5 nitrogen and oxygen atoms in total. The predicted molar refractivity (Wildman–Crippen MR) is 87.3 cm³/mol. The van der Waals surface area contributed by atoms with E-state index < -0.39 is 12.9 Å². The summed E-state index contributed by atoms with van der Waals surface area (Å²) in [5.41, 5.74) is 1.11. The minimum Gasteiger partial charge on any atom is -0.623 e. The number of aryl methyl sites for hydroxylation is 1. The Morgan fingerprint density at radius 1 is 1.23 bits per heavy atom. The Balaban J connectivity index is 2.28. The van der Waals surface area contributed by atoms with Crippen LogP contribution >= 0.6 is 7.60 Å². The van der Waals surface area contributed by atoms with Crippen LogP contribution in [0.5, 0.6) is 0 Å². The van der Waals surface area contributed by atoms with E-state index in [4.69, 9.17) is 9.05 Å². The van der Waals surface area contributed by atoms with E-state index in [-0.39, 0.29) is 13.2 Å². The Kier molecular flexibility index (Phi) is 5.79. The summed E-state index contributed by atoms with van der Waals surface area (Å²) in [5.74, 6) is 0. The maximum atomic E-state index is 13.3. The summed E-state index contributed by atoms with van der Waals surface area (Å²) < 4.78 is 25.1. The highest BCUT2D eigenvalue weighted by molar-refractivity contribution is 7.55. The quantitative estimate of drug-likeness (QED) is 0.412. The van der Waals surface area contributed by atoms with Crippen LogP contribution in [-0.2, 0) is 20.0 Å². The van der Waals surface area contributed by atoms with E-state index in [2.05, 4.69) is 0 Å². The zero-order chi connectivity index (χ0) is 16.1. The van der Waals surface area contributed by atoms with Crippen molar-refractivity contribution < 1.29 is 18.4 Å². The highest BCUT2D eigenvalue weighted by Gasteiger charge is 2.59. The van der Waals surface area contributed by atoms with Crippen LogP contribution in [-0.4, -0.2) is 29.4 Å². The summed E-state index contributed by atoms with van der Waals surface area (Å²) in [4.78, 5) is 0. The van der Waals surface area contributed by atoms with Gasteiger partial charge in [-0.1, -0.05) is 30.3 Å². The summed E-state index contributed by atoms with van der Waals surface area (Å²) in [7, 11) is -3.51. The summed E-state index contributed by atoms with van der Waals surface area (Å²) in [6.07, 6.45) is 3.77. The molecule has 0 N–H and O–H groups in total. The number of hydroxylamine groups is 1. The van der Waals surface area contributed by atoms with Crippen LogP contribution in [0.1, 0.15) is 38.7 Å². The first-order chi connectivity index (χ1) is 10.6. The summed E-state index contributed by atoms with van der Waals surface area (Å²) >= 11 is 0. The van der Waals surface area contributed by atoms with Gasteiger partial charge in [0.15, 0.2) is 6.21 Å². The molecule has 0 aliphatic carbocycles. The van der Waals surface area contributed by atoms with Gasteiger partial charge >= 0.3 is 7.60 Å². The largest absolute Gasteiger partial charge is 0.623 e. The third kappa shape index (κ3) is 3.27. The summed E-state index contributed by atoms with van der Waals surface area (Å²) in [5, 5.41) is 11.3. The molecule has 0 saturated carbocycles. The van der Waals surface area contributed by atoms with Crippen molar-refractivity contribution in [1.82, 2.24) is 0 Å². The second-order valence-corrected chi connectivity index (χ2v) is 7.69. The van der Waals surface area contributed by atoms with Gasteiger partial charge in [-0.15, -0.1) is 0 Å². The first-order valence-electron chi connectivity index (χ1n) is 7.81. The third-order valence-electron chi connectivity index (χ3n) is 4.01. The van der Waals surface area contributed by atoms with Crippen LogP contribution in [0.15, 0.2) is 30.3 Å². The maximum Gasteiger partial charge on any atom is 0.402 e. The minimum absolute atomic E-state index is 0.262. The van der Waals surface area contributed by atoms with Gasteiger partial charge in [-0.05, 0) is 25.8 Å². The highest BCUT2D eigenvalue weighted by Crippen LogP contribution is 2.64. The molecule has 1 aliphatic heterocycles. The van der Waals surface area contributed by atoms with E-state index in [1.807, 2.05) is 30.3 Å². The normalized spacial score (nSPS) is 21.8. The molecule has 1 aromatic rings. The molecule has 1 unspecified atom stereocenters. The maximum absolute atomic E-state index is 13.3. The average molecular weight is 325 g/mol. The molecule has 0 amide bonds. The van der Waals surface area contributed by atoms with Gasteiger partial charge in [0.05, 0.1) is 13.2 Å². The molecule has 2 rings (SSSR count). The van der Waals surface area contributed by atoms with E-state index in [0.29, 0.717) is 25.7 Å². The number of benzene rings is 1. The Hall–Kier alpha value is -1.16. The molecule has 1 heterocycles. The molecule has 1 aliphatic rings. The molecule has 0 fully saturated rings. The van der Waals surface area contributed by atoms with Gasteiger partial charge in [0.1, 0.15) is 0 Å². The predicted octanol–water partition coefficient (Wildman–Crippen LogP) is 3.96. The molecule has 1 atom stereocenters. The fraction of sp³-hybridized carbons (Fsp3) is 0.562. The monoisotopic (exact) mass is 325 g/mol. The lowest BCUT2D eigenvalue weighted by atomic mass is 10.0. The van der Waals surface area contributed by atoms with Crippen LogP contribution in [0.2, 0.25) is 0 Å². The highest BCUT2D eigenvalue weighted by atomic mass is 31.2. The number of hydrogen-bond donors (Lipinski definition) is 0. The Morgan fingerprint density at radius 3 is 2.36 bits per heavy atom. The van der Waals surface area contributed by atoms with Crippen molar-refractivity contribution >= 4 is 13.8 Å². The fourth-order valence-corrected chi connectivity index (χ4v) is 5.28. The lowest BCUT2D eigenvalue weighted by molar-refractivity contribution is -0.513. The van der Waals surface area contributed by atoms with Crippen molar-refractivity contribution in [3.8, 4) is 0 Å². The van der Waals surface area contributed by atoms with E-state index in [1.54, 1.807) is 20.1 Å². The molecule has 0 radical (unpaired) electrons. The lowest BCUT2D eigenvalue weighted by Gasteiger charge is -2.33. The molecular weight excluding hydrogens is 301 g/mol. The van der Waals surface area contributed by atoms with Gasteiger partial charge < -0.3 is 14.3 Å². The fourth-order valence-electron chi connectivity index (χ4n) is 2.93. The van der Waals surface area contributed by atoms with E-state index in [0.717, 1.165) is 10.3 Å². The van der Waals surface area contributed by atoms with Crippen molar-refractivity contribution in [3.63, 3.8) is 0 Å². The van der Waals surface area contributed by atoms with Gasteiger partial charge in [0.25, 0.3) is 5.28 Å². The molecule has 0 bridgehead atoms. The van der Waals surface area contributed by atoms with Crippen molar-refractivity contribution in [2.45, 2.75) is 44.8 Å². The molecule has 0 spiro atoms. The van der Waals surface area contributed by atoms with E-state index in [1.165, 1.54) is 0 Å². The topological polar surface area (TPSA) is 61.6 Å². The van der Waals surface area contributed by atoms with Gasteiger partial charge in [-0.25, -0.2) is 0 Å². The molecule has 6 heteroatoms. The van der Waals surface area contributed by atoms with Crippen LogP contribution in [0.4, 0.5) is 0 Å². The molecule has 1 aromatic carbocycles. The van der Waals surface area contributed by atoms with Crippen molar-refractivity contribution in [2.75, 3.05) is 13.2 Å². The van der Waals surface area contributed by atoms with Crippen molar-refractivity contribution in [3.05, 3.63) is 41.1 Å². The Labute approximate surface area is 132 Å². The zero-order valence-electron chi connectivity index (χ0n) is 13.2. The van der Waals surface area contributed by atoms with Gasteiger partial charge in [-0.2, -0.15) is 4.74 Å². The Bertz CT molecular complexity index is 551. The second kappa shape index (κ2) is 7.40. The molecule has 0 saturated heterocycles. The van der Waals surface area contributed by atoms with E-state index >= 15 is 0 Å². The molecular formula is C16H24NO4P. The van der Waals surface area contributed by atoms with Crippen LogP contribution in [0, 0.1) is 5.21 Å². The molecule has 122 valence electrons. The molecule has 22 heavy (non-hydrogen) atoms. The van der Waals surface area contributed by atoms with Crippen LogP contribution < -0.4 is 0 Å². The second-order valence-electron chi connectivity index (χ2n) is 5.35. The van der Waals surface area contributed by atoms with Crippen LogP contribution in [0.25, 0.3) is 0 Å². The molecule has 0 aromatic heterocycles. The summed E-state index contributed by atoms with van der Waals surface area (Å²) in [6.45, 7) is 4.06. The zero-order valence-corrected chi connectivity index (χ0v) is 14.1. The van der Waals surface area contributed by atoms with Gasteiger partial charge in [-0.3, -0.25) is 4.57 Å². The van der Waals surface area contributed by atoms with Crippen molar-refractivity contribution in [2.24, 2.45) is 0 Å². The van der Waals surface area contributed by atoms with E-state index in [9.17, 15) is 9.77 Å². The van der Waals surface area contributed by atoms with Crippen molar-refractivity contribution in [1.29, 1.82) is 0 Å². The number of rotatable bonds is 8. The summed E-state index contributed by atoms with van der Waals surface area (Å²) in [6, 6.07) is 9.89. The first-order valence-corrected chi connectivity index (χ1v) is 9.35. The number of hydrogen-bond acceptors (Lipinski definition) is 4. The third-order valence-corrected chi connectivity index (χ3v) is 6.87.